The van der Waals surface area contributed by atoms with Crippen molar-refractivity contribution in [1.82, 2.24) is 9.97 Å². The molecule has 0 radical (unpaired) electrons. The van der Waals surface area contributed by atoms with Crippen LogP contribution in [-0.4, -0.2) is 24.2 Å². The van der Waals surface area contributed by atoms with Crippen LogP contribution >= 0.6 is 11.6 Å². The highest BCUT2D eigenvalue weighted by atomic mass is 35.5. The van der Waals surface area contributed by atoms with E-state index in [-0.39, 0.29) is 16.9 Å². The van der Waals surface area contributed by atoms with Gasteiger partial charge in [0.1, 0.15) is 11.0 Å². The molecule has 4 N–H and O–H groups in total. The maximum absolute atomic E-state index is 6.10. The molecule has 1 heterocycles. The van der Waals surface area contributed by atoms with Crippen LogP contribution in [0.3, 0.4) is 0 Å². The summed E-state index contributed by atoms with van der Waals surface area (Å²) in [5.41, 5.74) is 14.0. The van der Waals surface area contributed by atoms with Gasteiger partial charge in [-0.3, -0.25) is 0 Å². The van der Waals surface area contributed by atoms with Crippen molar-refractivity contribution in [3.05, 3.63) is 34.0 Å². The van der Waals surface area contributed by atoms with Gasteiger partial charge >= 0.3 is 0 Å². The molecule has 0 saturated carbocycles. The molecule has 0 saturated heterocycles. The molecule has 1 aromatic carbocycles. The first-order valence-corrected chi connectivity index (χ1v) is 6.63. The van der Waals surface area contributed by atoms with Crippen molar-refractivity contribution in [2.24, 2.45) is 0 Å². The van der Waals surface area contributed by atoms with E-state index >= 15 is 0 Å². The number of methoxy groups -OCH3 is 2. The van der Waals surface area contributed by atoms with Crippen LogP contribution in [0.4, 0.5) is 11.8 Å². The SMILES string of the molecule is COc1cc(C)c(Cc2c(N)nc(N)nc2Cl)cc1OC. The molecule has 0 bridgehead atoms. The number of aryl methyl sites for hydroxylation is 1. The van der Waals surface area contributed by atoms with Crippen molar-refractivity contribution in [2.45, 2.75) is 13.3 Å². The Morgan fingerprint density at radius 2 is 1.71 bits per heavy atom. The number of halogens is 1. The Morgan fingerprint density at radius 1 is 1.10 bits per heavy atom. The summed E-state index contributed by atoms with van der Waals surface area (Å²) in [6, 6.07) is 3.79. The molecule has 0 amide bonds. The molecule has 0 atom stereocenters. The molecule has 0 unspecified atom stereocenters. The predicted octanol–water partition coefficient (Wildman–Crippen LogP) is 2.21. The van der Waals surface area contributed by atoms with Gasteiger partial charge in [0, 0.05) is 12.0 Å². The Morgan fingerprint density at radius 3 is 2.29 bits per heavy atom. The minimum absolute atomic E-state index is 0.0604. The van der Waals surface area contributed by atoms with Crippen molar-refractivity contribution in [3.63, 3.8) is 0 Å². The highest BCUT2D eigenvalue weighted by Crippen LogP contribution is 2.32. The Labute approximate surface area is 128 Å². The fourth-order valence-corrected chi connectivity index (χ4v) is 2.31. The van der Waals surface area contributed by atoms with Crippen molar-refractivity contribution in [2.75, 3.05) is 25.7 Å². The zero-order valence-electron chi connectivity index (χ0n) is 12.1. The molecule has 0 fully saturated rings. The van der Waals surface area contributed by atoms with E-state index in [0.717, 1.165) is 11.1 Å². The largest absolute Gasteiger partial charge is 0.493 e. The summed E-state index contributed by atoms with van der Waals surface area (Å²) >= 11 is 6.10. The summed E-state index contributed by atoms with van der Waals surface area (Å²) in [7, 11) is 3.18. The molecule has 112 valence electrons. The van der Waals surface area contributed by atoms with E-state index in [2.05, 4.69) is 9.97 Å². The van der Waals surface area contributed by atoms with Crippen LogP contribution in [-0.2, 0) is 6.42 Å². The molecule has 7 heteroatoms. The number of rotatable bonds is 4. The molecule has 6 nitrogen and oxygen atoms in total. The zero-order chi connectivity index (χ0) is 15.6. The molecule has 2 rings (SSSR count). The van der Waals surface area contributed by atoms with Crippen LogP contribution in [0.2, 0.25) is 5.15 Å². The number of nitrogens with two attached hydrogens (primary N) is 2. The second-order valence-corrected chi connectivity index (χ2v) is 4.90. The van der Waals surface area contributed by atoms with Gasteiger partial charge in [0.2, 0.25) is 5.95 Å². The summed E-state index contributed by atoms with van der Waals surface area (Å²) in [5.74, 6) is 1.66. The highest BCUT2D eigenvalue weighted by molar-refractivity contribution is 6.30. The number of anilines is 2. The lowest BCUT2D eigenvalue weighted by atomic mass is 10.0. The van der Waals surface area contributed by atoms with Gasteiger partial charge in [-0.05, 0) is 30.2 Å². The molecule has 2 aromatic rings. The Bertz CT molecular complexity index is 653. The van der Waals surface area contributed by atoms with Crippen LogP contribution in [0, 0.1) is 6.92 Å². The Balaban J connectivity index is 2.45. The molecule has 0 spiro atoms. The normalized spacial score (nSPS) is 10.5. The fourth-order valence-electron chi connectivity index (χ4n) is 2.06. The summed E-state index contributed by atoms with van der Waals surface area (Å²) in [4.78, 5) is 7.87. The van der Waals surface area contributed by atoms with Crippen LogP contribution in [0.15, 0.2) is 12.1 Å². The molecule has 1 aromatic heterocycles. The van der Waals surface area contributed by atoms with Crippen molar-refractivity contribution >= 4 is 23.4 Å². The zero-order valence-corrected chi connectivity index (χ0v) is 12.9. The summed E-state index contributed by atoms with van der Waals surface area (Å²) in [5, 5.41) is 0.259. The monoisotopic (exact) mass is 308 g/mol. The molecule has 0 aliphatic rings. The molecule has 0 aliphatic heterocycles. The van der Waals surface area contributed by atoms with Crippen LogP contribution < -0.4 is 20.9 Å². The lowest BCUT2D eigenvalue weighted by molar-refractivity contribution is 0.354. The van der Waals surface area contributed by atoms with Gasteiger partial charge in [-0.25, -0.2) is 4.98 Å². The van der Waals surface area contributed by atoms with E-state index in [1.165, 1.54) is 0 Å². The smallest absolute Gasteiger partial charge is 0.223 e. The number of nitrogen functional groups attached to an aromatic ring is 2. The Hall–Kier alpha value is -2.21. The molecular weight excluding hydrogens is 292 g/mol. The minimum Gasteiger partial charge on any atom is -0.493 e. The highest BCUT2D eigenvalue weighted by Gasteiger charge is 2.14. The van der Waals surface area contributed by atoms with Crippen LogP contribution in [0.5, 0.6) is 11.5 Å². The van der Waals surface area contributed by atoms with Gasteiger partial charge in [-0.2, -0.15) is 4.98 Å². The molecule has 0 aliphatic carbocycles. The predicted molar refractivity (Wildman–Crippen MR) is 83.0 cm³/mol. The van der Waals surface area contributed by atoms with Gasteiger partial charge < -0.3 is 20.9 Å². The first kappa shape index (κ1) is 15.2. The number of hydrogen-bond donors (Lipinski definition) is 2. The maximum Gasteiger partial charge on any atom is 0.223 e. The third kappa shape index (κ3) is 3.11. The van der Waals surface area contributed by atoms with E-state index in [1.807, 2.05) is 19.1 Å². The van der Waals surface area contributed by atoms with Crippen LogP contribution in [0.25, 0.3) is 0 Å². The third-order valence-corrected chi connectivity index (χ3v) is 3.53. The lowest BCUT2D eigenvalue weighted by Crippen LogP contribution is -2.06. The van der Waals surface area contributed by atoms with E-state index in [9.17, 15) is 0 Å². The number of ether oxygens (including phenoxy) is 2. The second kappa shape index (κ2) is 6.05. The summed E-state index contributed by atoms with van der Waals surface area (Å²) < 4.78 is 10.6. The first-order valence-electron chi connectivity index (χ1n) is 6.25. The van der Waals surface area contributed by atoms with Gasteiger partial charge in [0.15, 0.2) is 11.5 Å². The van der Waals surface area contributed by atoms with Crippen molar-refractivity contribution in [3.8, 4) is 11.5 Å². The average Bonchev–Trinajstić information content (AvgIpc) is 2.43. The van der Waals surface area contributed by atoms with Gasteiger partial charge in [0.05, 0.1) is 14.2 Å². The van der Waals surface area contributed by atoms with Crippen molar-refractivity contribution in [1.29, 1.82) is 0 Å². The number of aromatic nitrogens is 2. The number of benzene rings is 1. The van der Waals surface area contributed by atoms with Gasteiger partial charge in [-0.1, -0.05) is 11.6 Å². The quantitative estimate of drug-likeness (QED) is 0.841. The van der Waals surface area contributed by atoms with Gasteiger partial charge in [0.25, 0.3) is 0 Å². The fraction of sp³-hybridized carbons (Fsp3) is 0.286. The number of nitrogens with zero attached hydrogens (tertiary/aromatic N) is 2. The topological polar surface area (TPSA) is 96.3 Å². The summed E-state index contributed by atoms with van der Waals surface area (Å²) in [6.07, 6.45) is 0.483. The van der Waals surface area contributed by atoms with Gasteiger partial charge in [-0.15, -0.1) is 0 Å². The third-order valence-electron chi connectivity index (χ3n) is 3.22. The van der Waals surface area contributed by atoms with E-state index in [1.54, 1.807) is 14.2 Å². The van der Waals surface area contributed by atoms with E-state index < -0.39 is 0 Å². The lowest BCUT2D eigenvalue weighted by Gasteiger charge is -2.14. The van der Waals surface area contributed by atoms with E-state index in [0.29, 0.717) is 23.5 Å². The maximum atomic E-state index is 6.10. The summed E-state index contributed by atoms with van der Waals surface area (Å²) in [6.45, 7) is 1.97. The van der Waals surface area contributed by atoms with Crippen LogP contribution in [0.1, 0.15) is 16.7 Å². The van der Waals surface area contributed by atoms with Crippen molar-refractivity contribution < 1.29 is 9.47 Å². The molecule has 21 heavy (non-hydrogen) atoms. The minimum atomic E-state index is 0.0604. The standard InChI is InChI=1S/C14H17ClN4O2/c1-7-4-10(20-2)11(21-3)6-8(7)5-9-12(15)18-14(17)19-13(9)16/h4,6H,5H2,1-3H3,(H4,16,17,18,19). The molecular formula is C14H17ClN4O2. The van der Waals surface area contributed by atoms with E-state index in [4.69, 9.17) is 32.5 Å². The average molecular weight is 309 g/mol. The number of hydrogen-bond acceptors (Lipinski definition) is 6. The Kier molecular flexibility index (Phi) is 4.37. The second-order valence-electron chi connectivity index (χ2n) is 4.55. The first-order chi connectivity index (χ1) is 9.96.